The summed E-state index contributed by atoms with van der Waals surface area (Å²) in [4.78, 5) is 0.974. The Labute approximate surface area is 286 Å². The van der Waals surface area contributed by atoms with Gasteiger partial charge in [-0.05, 0) is 63.7 Å². The quantitative estimate of drug-likeness (QED) is 0.177. The highest BCUT2D eigenvalue weighted by Crippen LogP contribution is 2.42. The fourth-order valence-electron chi connectivity index (χ4n) is 7.30. The van der Waals surface area contributed by atoms with Crippen molar-refractivity contribution in [2.45, 2.75) is 17.5 Å². The number of para-hydroxylation sites is 1. The second kappa shape index (κ2) is 11.9. The predicted molar refractivity (Wildman–Crippen MR) is 203 cm³/mol. The van der Waals surface area contributed by atoms with Gasteiger partial charge in [-0.1, -0.05) is 140 Å². The first kappa shape index (κ1) is 28.7. The number of nitrogens with one attached hydrogen (secondary N) is 1. The average Bonchev–Trinajstić information content (AvgIpc) is 3.69. The zero-order chi connectivity index (χ0) is 32.0. The first-order valence-electron chi connectivity index (χ1n) is 16.4. The van der Waals surface area contributed by atoms with E-state index in [4.69, 9.17) is 12.6 Å². The Balaban J connectivity index is 1.18. The standard InChI is InChI=1S/C44H33N3S/c48-44-36(32-16-6-2-7-17-32)24-25-37-39-28-34(31-14-4-1-5-15-31)23-26-41(39)47(43(37)44)35-20-12-13-30(27-35)29-46-40-22-11-10-21-38(40)42(45-46)33-18-8-3-9-19-33/h1-28,42,45,48H,29H2. The number of fused-ring (bicyclic) bond motifs is 4. The molecular weight excluding hydrogens is 603 g/mol. The number of hydrogen-bond acceptors (Lipinski definition) is 3. The zero-order valence-electron chi connectivity index (χ0n) is 26.3. The molecule has 7 aromatic carbocycles. The summed E-state index contributed by atoms with van der Waals surface area (Å²) in [6.45, 7) is 0.729. The van der Waals surface area contributed by atoms with Crippen LogP contribution in [0.1, 0.15) is 22.7 Å². The molecule has 8 aromatic rings. The van der Waals surface area contributed by atoms with Gasteiger partial charge in [0.2, 0.25) is 0 Å². The van der Waals surface area contributed by atoms with Gasteiger partial charge in [-0.3, -0.25) is 0 Å². The lowest BCUT2D eigenvalue weighted by atomic mass is 9.99. The van der Waals surface area contributed by atoms with Crippen molar-refractivity contribution in [2.24, 2.45) is 0 Å². The Morgan fingerprint density at radius 1 is 0.562 bits per heavy atom. The molecule has 0 amide bonds. The molecule has 1 aliphatic rings. The van der Waals surface area contributed by atoms with Crippen molar-refractivity contribution in [1.82, 2.24) is 9.99 Å². The molecule has 1 N–H and O–H groups in total. The van der Waals surface area contributed by atoms with Crippen molar-refractivity contribution in [3.63, 3.8) is 0 Å². The number of hydrogen-bond donors (Lipinski definition) is 2. The molecule has 230 valence electrons. The van der Waals surface area contributed by atoms with Crippen molar-refractivity contribution in [3.05, 3.63) is 187 Å². The minimum atomic E-state index is 0.116. The highest BCUT2D eigenvalue weighted by atomic mass is 32.1. The van der Waals surface area contributed by atoms with E-state index in [2.05, 4.69) is 185 Å². The van der Waals surface area contributed by atoms with E-state index in [9.17, 15) is 0 Å². The highest BCUT2D eigenvalue weighted by Gasteiger charge is 2.29. The maximum atomic E-state index is 5.26. The van der Waals surface area contributed by atoms with Crippen LogP contribution in [-0.4, -0.2) is 4.57 Å². The van der Waals surface area contributed by atoms with Gasteiger partial charge in [-0.15, -0.1) is 12.6 Å². The van der Waals surface area contributed by atoms with Crippen molar-refractivity contribution >= 4 is 40.1 Å². The lowest BCUT2D eigenvalue weighted by Crippen LogP contribution is -2.34. The lowest BCUT2D eigenvalue weighted by molar-refractivity contribution is 0.604. The van der Waals surface area contributed by atoms with Crippen LogP contribution in [-0.2, 0) is 6.54 Å². The summed E-state index contributed by atoms with van der Waals surface area (Å²) in [6, 6.07) is 60.9. The maximum Gasteiger partial charge on any atom is 0.0783 e. The molecule has 1 aliphatic heterocycles. The molecule has 0 fully saturated rings. The summed E-state index contributed by atoms with van der Waals surface area (Å²) in [5.74, 6) is 0. The highest BCUT2D eigenvalue weighted by molar-refractivity contribution is 7.80. The van der Waals surface area contributed by atoms with Crippen molar-refractivity contribution in [3.8, 4) is 27.9 Å². The van der Waals surface area contributed by atoms with E-state index >= 15 is 0 Å². The molecule has 0 aliphatic carbocycles. The summed E-state index contributed by atoms with van der Waals surface area (Å²) in [5.41, 5.74) is 16.9. The van der Waals surface area contributed by atoms with Crippen LogP contribution < -0.4 is 10.4 Å². The number of thiol groups is 1. The molecular formula is C44H33N3S. The number of rotatable bonds is 6. The molecule has 0 radical (unpaired) electrons. The van der Waals surface area contributed by atoms with E-state index in [1.54, 1.807) is 0 Å². The fourth-order valence-corrected chi connectivity index (χ4v) is 7.72. The van der Waals surface area contributed by atoms with Crippen LogP contribution in [0, 0.1) is 0 Å². The van der Waals surface area contributed by atoms with E-state index in [0.717, 1.165) is 39.3 Å². The molecule has 4 heteroatoms. The molecule has 0 saturated carbocycles. The van der Waals surface area contributed by atoms with Gasteiger partial charge in [0.1, 0.15) is 0 Å². The summed E-state index contributed by atoms with van der Waals surface area (Å²) >= 11 is 5.26. The SMILES string of the molecule is Sc1c(-c2ccccc2)ccc2c3cc(-c4ccccc4)ccc3n(-c3cccc(CN4NC(c5ccccc5)c5ccccc54)c3)c12. The number of hydrazine groups is 1. The second-order valence-corrected chi connectivity index (χ2v) is 12.9. The lowest BCUT2D eigenvalue weighted by Gasteiger charge is -2.22. The van der Waals surface area contributed by atoms with Gasteiger partial charge < -0.3 is 9.58 Å². The van der Waals surface area contributed by atoms with E-state index < -0.39 is 0 Å². The van der Waals surface area contributed by atoms with Crippen LogP contribution in [0.25, 0.3) is 49.7 Å². The number of anilines is 1. The topological polar surface area (TPSA) is 20.2 Å². The van der Waals surface area contributed by atoms with Crippen LogP contribution >= 0.6 is 12.6 Å². The van der Waals surface area contributed by atoms with Gasteiger partial charge in [-0.25, -0.2) is 5.43 Å². The van der Waals surface area contributed by atoms with Crippen LogP contribution in [0.4, 0.5) is 5.69 Å². The molecule has 48 heavy (non-hydrogen) atoms. The first-order valence-corrected chi connectivity index (χ1v) is 16.9. The average molecular weight is 636 g/mol. The number of benzene rings is 7. The van der Waals surface area contributed by atoms with Crippen LogP contribution in [0.2, 0.25) is 0 Å². The minimum absolute atomic E-state index is 0.116. The Kier molecular flexibility index (Phi) is 7.11. The van der Waals surface area contributed by atoms with Gasteiger partial charge in [0, 0.05) is 26.9 Å². The van der Waals surface area contributed by atoms with Crippen molar-refractivity contribution < 1.29 is 0 Å². The number of nitrogens with zero attached hydrogens (tertiary/aromatic N) is 2. The zero-order valence-corrected chi connectivity index (χ0v) is 27.2. The largest absolute Gasteiger partial charge is 0.308 e. The third kappa shape index (κ3) is 4.89. The Hall–Kier alpha value is -5.55. The third-order valence-corrected chi connectivity index (χ3v) is 10.0. The van der Waals surface area contributed by atoms with Gasteiger partial charge >= 0.3 is 0 Å². The van der Waals surface area contributed by atoms with Gasteiger partial charge in [0.25, 0.3) is 0 Å². The van der Waals surface area contributed by atoms with E-state index in [0.29, 0.717) is 0 Å². The first-order chi connectivity index (χ1) is 23.7. The summed E-state index contributed by atoms with van der Waals surface area (Å²) in [7, 11) is 0. The van der Waals surface area contributed by atoms with Crippen LogP contribution in [0.3, 0.4) is 0 Å². The molecule has 0 spiro atoms. The monoisotopic (exact) mass is 635 g/mol. The fraction of sp³-hybridized carbons (Fsp3) is 0.0455. The predicted octanol–water partition coefficient (Wildman–Crippen LogP) is 11.0. The third-order valence-electron chi connectivity index (χ3n) is 9.56. The summed E-state index contributed by atoms with van der Waals surface area (Å²) in [5, 5.41) is 4.70. The van der Waals surface area contributed by atoms with Crippen molar-refractivity contribution in [2.75, 3.05) is 5.01 Å². The van der Waals surface area contributed by atoms with Crippen molar-refractivity contribution in [1.29, 1.82) is 0 Å². The Bertz CT molecular complexity index is 2420. The van der Waals surface area contributed by atoms with Crippen LogP contribution in [0.15, 0.2) is 175 Å². The number of aromatic nitrogens is 1. The van der Waals surface area contributed by atoms with Gasteiger partial charge in [0.15, 0.2) is 0 Å². The van der Waals surface area contributed by atoms with E-state index in [-0.39, 0.29) is 6.04 Å². The molecule has 3 nitrogen and oxygen atoms in total. The normalized spacial score (nSPS) is 14.1. The van der Waals surface area contributed by atoms with Gasteiger partial charge in [-0.2, -0.15) is 0 Å². The summed E-state index contributed by atoms with van der Waals surface area (Å²) < 4.78 is 2.40. The molecule has 1 atom stereocenters. The molecule has 2 heterocycles. The minimum Gasteiger partial charge on any atom is -0.308 e. The molecule has 0 saturated heterocycles. The second-order valence-electron chi connectivity index (χ2n) is 12.4. The Morgan fingerprint density at radius 3 is 2.06 bits per heavy atom. The van der Waals surface area contributed by atoms with E-state index in [1.165, 1.54) is 44.3 Å². The van der Waals surface area contributed by atoms with E-state index in [1.807, 2.05) is 0 Å². The Morgan fingerprint density at radius 2 is 1.27 bits per heavy atom. The molecule has 0 bridgehead atoms. The van der Waals surface area contributed by atoms with Gasteiger partial charge in [0.05, 0.1) is 29.3 Å². The molecule has 9 rings (SSSR count). The molecule has 1 unspecified atom stereocenters. The maximum absolute atomic E-state index is 5.26. The molecule has 1 aromatic heterocycles. The smallest absolute Gasteiger partial charge is 0.0783 e. The summed E-state index contributed by atoms with van der Waals surface area (Å²) in [6.07, 6.45) is 0. The van der Waals surface area contributed by atoms with Crippen LogP contribution in [0.5, 0.6) is 0 Å².